The molecule has 0 aliphatic carbocycles. The van der Waals surface area contributed by atoms with Crippen LogP contribution in [0.5, 0.6) is 5.75 Å². The van der Waals surface area contributed by atoms with E-state index in [0.29, 0.717) is 30.2 Å². The van der Waals surface area contributed by atoms with Crippen LogP contribution in [0.2, 0.25) is 0 Å². The Bertz CT molecular complexity index is 845. The number of hydrogen-bond acceptors (Lipinski definition) is 5. The Hall–Kier alpha value is -2.80. The molecule has 0 bridgehead atoms. The Labute approximate surface area is 183 Å². The lowest BCUT2D eigenvalue weighted by molar-refractivity contribution is -0.134. The average Bonchev–Trinajstić information content (AvgIpc) is 3.50. The van der Waals surface area contributed by atoms with Crippen LogP contribution < -0.4 is 4.74 Å². The average molecular weight is 429 g/mol. The largest absolute Gasteiger partial charge is 0.497 e. The molecule has 0 unspecified atom stereocenters. The highest BCUT2D eigenvalue weighted by Crippen LogP contribution is 2.19. The van der Waals surface area contributed by atoms with Crippen LogP contribution in [-0.4, -0.2) is 60.6 Å². The van der Waals surface area contributed by atoms with Crippen molar-refractivity contribution in [2.24, 2.45) is 0 Å². The molecular formula is C24H32N2O5. The zero-order valence-corrected chi connectivity index (χ0v) is 18.6. The summed E-state index contributed by atoms with van der Waals surface area (Å²) in [6.07, 6.45) is 4.29. The first kappa shape index (κ1) is 22.9. The van der Waals surface area contributed by atoms with Gasteiger partial charge in [0.05, 0.1) is 26.0 Å². The van der Waals surface area contributed by atoms with E-state index in [1.54, 1.807) is 47.4 Å². The number of benzene rings is 1. The van der Waals surface area contributed by atoms with E-state index in [1.807, 2.05) is 26.0 Å². The van der Waals surface area contributed by atoms with Gasteiger partial charge in [0.25, 0.3) is 5.91 Å². The lowest BCUT2D eigenvalue weighted by atomic mass is 10.1. The third-order valence-electron chi connectivity index (χ3n) is 5.73. The van der Waals surface area contributed by atoms with E-state index in [1.165, 1.54) is 0 Å². The van der Waals surface area contributed by atoms with Crippen molar-refractivity contribution in [3.63, 3.8) is 0 Å². The van der Waals surface area contributed by atoms with Crippen molar-refractivity contribution < 1.29 is 23.5 Å². The van der Waals surface area contributed by atoms with E-state index in [-0.39, 0.29) is 30.5 Å². The van der Waals surface area contributed by atoms with E-state index in [9.17, 15) is 9.59 Å². The SMILES string of the molecule is CC[C@@H](C)N(CC(=O)N(Cc1ccco1)C[C@H]1CCCO1)C(=O)c1cccc(OC)c1. The third-order valence-corrected chi connectivity index (χ3v) is 5.73. The van der Waals surface area contributed by atoms with Gasteiger partial charge < -0.3 is 23.7 Å². The lowest BCUT2D eigenvalue weighted by Crippen LogP contribution is -2.47. The predicted molar refractivity (Wildman–Crippen MR) is 117 cm³/mol. The maximum absolute atomic E-state index is 13.4. The fraction of sp³-hybridized carbons (Fsp3) is 0.500. The summed E-state index contributed by atoms with van der Waals surface area (Å²) in [6, 6.07) is 10.6. The van der Waals surface area contributed by atoms with Gasteiger partial charge in [-0.25, -0.2) is 0 Å². The van der Waals surface area contributed by atoms with E-state index < -0.39 is 0 Å². The Balaban J connectivity index is 1.77. The van der Waals surface area contributed by atoms with Gasteiger partial charge in [-0.3, -0.25) is 9.59 Å². The van der Waals surface area contributed by atoms with Crippen molar-refractivity contribution in [1.82, 2.24) is 9.80 Å². The first-order chi connectivity index (χ1) is 15.0. The lowest BCUT2D eigenvalue weighted by Gasteiger charge is -2.32. The Kier molecular flexibility index (Phi) is 8.12. The Morgan fingerprint density at radius 1 is 1.26 bits per heavy atom. The van der Waals surface area contributed by atoms with E-state index in [0.717, 1.165) is 25.9 Å². The van der Waals surface area contributed by atoms with Crippen LogP contribution in [-0.2, 0) is 16.1 Å². The highest BCUT2D eigenvalue weighted by molar-refractivity contribution is 5.97. The van der Waals surface area contributed by atoms with Gasteiger partial charge in [-0.1, -0.05) is 13.0 Å². The van der Waals surface area contributed by atoms with Crippen molar-refractivity contribution in [1.29, 1.82) is 0 Å². The van der Waals surface area contributed by atoms with Crippen molar-refractivity contribution in [3.8, 4) is 5.75 Å². The number of methoxy groups -OCH3 is 1. The highest BCUT2D eigenvalue weighted by Gasteiger charge is 2.28. The topological polar surface area (TPSA) is 72.2 Å². The molecule has 1 aliphatic heterocycles. The molecule has 2 atom stereocenters. The van der Waals surface area contributed by atoms with E-state index in [4.69, 9.17) is 13.9 Å². The van der Waals surface area contributed by atoms with E-state index >= 15 is 0 Å². The molecule has 2 aromatic rings. The van der Waals surface area contributed by atoms with Crippen LogP contribution in [0.1, 0.15) is 49.2 Å². The number of carbonyl (C=O) groups excluding carboxylic acids is 2. The summed E-state index contributed by atoms with van der Waals surface area (Å²) in [5, 5.41) is 0. The van der Waals surface area contributed by atoms with Crippen LogP contribution >= 0.6 is 0 Å². The summed E-state index contributed by atoms with van der Waals surface area (Å²) >= 11 is 0. The summed E-state index contributed by atoms with van der Waals surface area (Å²) in [4.78, 5) is 30.0. The third kappa shape index (κ3) is 6.10. The quantitative estimate of drug-likeness (QED) is 0.577. The summed E-state index contributed by atoms with van der Waals surface area (Å²) in [6.45, 7) is 5.53. The van der Waals surface area contributed by atoms with Gasteiger partial charge in [-0.2, -0.15) is 0 Å². The van der Waals surface area contributed by atoms with Gasteiger partial charge in [0.15, 0.2) is 0 Å². The minimum atomic E-state index is -0.184. The first-order valence-corrected chi connectivity index (χ1v) is 10.9. The molecule has 0 N–H and O–H groups in total. The van der Waals surface area contributed by atoms with Crippen LogP contribution in [0.25, 0.3) is 0 Å². The summed E-state index contributed by atoms with van der Waals surface area (Å²) in [7, 11) is 1.57. The molecule has 0 spiro atoms. The van der Waals surface area contributed by atoms with Crippen LogP contribution in [0.4, 0.5) is 0 Å². The zero-order chi connectivity index (χ0) is 22.2. The second-order valence-electron chi connectivity index (χ2n) is 7.91. The van der Waals surface area contributed by atoms with Crippen LogP contribution in [0, 0.1) is 0 Å². The van der Waals surface area contributed by atoms with Gasteiger partial charge in [-0.15, -0.1) is 0 Å². The molecule has 1 aliphatic rings. The number of furan rings is 1. The van der Waals surface area contributed by atoms with Gasteiger partial charge in [-0.05, 0) is 56.5 Å². The second kappa shape index (κ2) is 11.0. The summed E-state index contributed by atoms with van der Waals surface area (Å²) in [5.41, 5.74) is 0.504. The standard InChI is InChI=1S/C24H32N2O5/c1-4-18(2)26(24(28)19-8-5-9-20(14-19)29-3)17-23(27)25(15-21-10-6-12-30-21)16-22-11-7-13-31-22/h5-6,8-10,12,14,18,22H,4,7,11,13,15-17H2,1-3H3/t18-,22-/m1/s1. The Morgan fingerprint density at radius 3 is 2.74 bits per heavy atom. The van der Waals surface area contributed by atoms with Gasteiger partial charge in [0, 0.05) is 24.8 Å². The van der Waals surface area contributed by atoms with Gasteiger partial charge >= 0.3 is 0 Å². The van der Waals surface area contributed by atoms with Crippen molar-refractivity contribution in [3.05, 3.63) is 54.0 Å². The molecule has 0 saturated carbocycles. The molecule has 1 aromatic heterocycles. The monoisotopic (exact) mass is 428 g/mol. The molecule has 2 amide bonds. The normalized spacial score (nSPS) is 16.7. The van der Waals surface area contributed by atoms with E-state index in [2.05, 4.69) is 0 Å². The maximum atomic E-state index is 13.4. The van der Waals surface area contributed by atoms with Gasteiger partial charge in [0.2, 0.25) is 5.91 Å². The van der Waals surface area contributed by atoms with Crippen LogP contribution in [0.15, 0.2) is 47.1 Å². The number of nitrogens with zero attached hydrogens (tertiary/aromatic N) is 2. The summed E-state index contributed by atoms with van der Waals surface area (Å²) in [5.74, 6) is 1.01. The van der Waals surface area contributed by atoms with Crippen molar-refractivity contribution in [2.45, 2.75) is 51.8 Å². The summed E-state index contributed by atoms with van der Waals surface area (Å²) < 4.78 is 16.5. The molecule has 7 nitrogen and oxygen atoms in total. The second-order valence-corrected chi connectivity index (χ2v) is 7.91. The zero-order valence-electron chi connectivity index (χ0n) is 18.6. The smallest absolute Gasteiger partial charge is 0.254 e. The fourth-order valence-electron chi connectivity index (χ4n) is 3.70. The molecule has 2 heterocycles. The molecule has 1 aromatic carbocycles. The maximum Gasteiger partial charge on any atom is 0.254 e. The molecule has 3 rings (SSSR count). The van der Waals surface area contributed by atoms with Crippen molar-refractivity contribution in [2.75, 3.05) is 26.8 Å². The molecule has 168 valence electrons. The molecular weight excluding hydrogens is 396 g/mol. The van der Waals surface area contributed by atoms with Crippen molar-refractivity contribution >= 4 is 11.8 Å². The number of hydrogen-bond donors (Lipinski definition) is 0. The highest BCUT2D eigenvalue weighted by atomic mass is 16.5. The number of carbonyl (C=O) groups is 2. The Morgan fingerprint density at radius 2 is 2.10 bits per heavy atom. The number of amides is 2. The number of rotatable bonds is 10. The first-order valence-electron chi connectivity index (χ1n) is 10.9. The molecule has 1 saturated heterocycles. The number of ether oxygens (including phenoxy) is 2. The molecule has 0 radical (unpaired) electrons. The molecule has 7 heteroatoms. The van der Waals surface area contributed by atoms with Crippen LogP contribution in [0.3, 0.4) is 0 Å². The fourth-order valence-corrected chi connectivity index (χ4v) is 3.70. The minimum absolute atomic E-state index is 0.00151. The molecule has 1 fully saturated rings. The minimum Gasteiger partial charge on any atom is -0.497 e. The van der Waals surface area contributed by atoms with Gasteiger partial charge in [0.1, 0.15) is 18.1 Å². The predicted octanol–water partition coefficient (Wildman–Crippen LogP) is 3.74. The molecule has 31 heavy (non-hydrogen) atoms.